The molecule has 0 amide bonds. The monoisotopic (exact) mass is 802 g/mol. The Balaban J connectivity index is 1.73. The van der Waals surface area contributed by atoms with Gasteiger partial charge in [-0.1, -0.05) is 18.2 Å². The summed E-state index contributed by atoms with van der Waals surface area (Å²) in [5.41, 5.74) is 6.23. The van der Waals surface area contributed by atoms with Crippen LogP contribution in [0.5, 0.6) is 0 Å². The van der Waals surface area contributed by atoms with E-state index in [9.17, 15) is 50.4 Å². The van der Waals surface area contributed by atoms with Crippen LogP contribution >= 0.6 is 0 Å². The number of carboxylic acids is 1. The lowest BCUT2D eigenvalue weighted by Gasteiger charge is -2.48. The normalized spacial score (nSPS) is 34.4. The van der Waals surface area contributed by atoms with Gasteiger partial charge in [0.15, 0.2) is 18.4 Å². The predicted octanol–water partition coefficient (Wildman–Crippen LogP) is -7.11. The number of esters is 1. The zero-order valence-corrected chi connectivity index (χ0v) is 31.6. The van der Waals surface area contributed by atoms with E-state index in [-0.39, 0.29) is 50.5 Å². The fourth-order valence-corrected chi connectivity index (χ4v) is 7.64. The second-order valence-corrected chi connectivity index (χ2v) is 14.5. The number of nitrogens with one attached hydrogen (secondary N) is 2. The van der Waals surface area contributed by atoms with Crippen LogP contribution in [0.4, 0.5) is 0 Å². The highest BCUT2D eigenvalue weighted by Crippen LogP contribution is 2.39. The second-order valence-electron chi connectivity index (χ2n) is 14.5. The predicted molar refractivity (Wildman–Crippen MR) is 191 cm³/mol. The first-order chi connectivity index (χ1) is 26.8. The maximum atomic E-state index is 13.8. The summed E-state index contributed by atoms with van der Waals surface area (Å²) in [4.78, 5) is 31.2. The van der Waals surface area contributed by atoms with Gasteiger partial charge in [-0.25, -0.2) is 4.79 Å². The Hall–Kier alpha value is -3.25. The minimum Gasteiger partial charge on any atom is -0.550 e. The number of nitrogens with two attached hydrogens (primary N) is 2. The number of carboxylic acid groups (broad SMARTS) is 1. The first-order valence-corrected chi connectivity index (χ1v) is 19.1. The number of guanidine groups is 1. The van der Waals surface area contributed by atoms with Crippen LogP contribution in [0.1, 0.15) is 32.1 Å². The third-order valence-electron chi connectivity index (χ3n) is 10.8. The molecule has 3 aliphatic heterocycles. The minimum absolute atomic E-state index is 0.0357. The summed E-state index contributed by atoms with van der Waals surface area (Å²) in [5.74, 6) is -8.57. The number of aliphatic hydroxyl groups is 7. The number of aliphatic hydroxyl groups excluding tert-OH is 5. The zero-order valence-electron chi connectivity index (χ0n) is 31.6. The highest BCUT2D eigenvalue weighted by molar-refractivity contribution is 5.89. The molecule has 20 heteroatoms. The number of hydrogen-bond donors (Lipinski definition) is 11. The van der Waals surface area contributed by atoms with Crippen LogP contribution in [0.15, 0.2) is 41.6 Å². The van der Waals surface area contributed by atoms with Crippen molar-refractivity contribution in [3.05, 3.63) is 36.6 Å². The van der Waals surface area contributed by atoms with Gasteiger partial charge in [0.25, 0.3) is 0 Å². The van der Waals surface area contributed by atoms with Gasteiger partial charge in [0.2, 0.25) is 18.3 Å². The molecular weight excluding hydrogens is 742 g/mol. The highest BCUT2D eigenvalue weighted by atomic mass is 16.8. The van der Waals surface area contributed by atoms with Crippen molar-refractivity contribution in [2.24, 2.45) is 34.4 Å². The third-order valence-corrected chi connectivity index (χ3v) is 10.8. The smallest absolute Gasteiger partial charge is 0.338 e. The second kappa shape index (κ2) is 21.5. The lowest BCUT2D eigenvalue weighted by molar-refractivity contribution is -0.911. The number of nitrogens with zero attached hydrogens (tertiary/aromatic N) is 1. The maximum absolute atomic E-state index is 13.8. The molecule has 0 aromatic carbocycles. The molecule has 20 nitrogen and oxygen atoms in total. The van der Waals surface area contributed by atoms with Crippen LogP contribution < -0.4 is 26.4 Å². The van der Waals surface area contributed by atoms with E-state index in [1.165, 1.54) is 11.4 Å². The molecule has 0 aromatic rings. The molecule has 0 spiro atoms. The number of ether oxygens (including phenoxy) is 5. The van der Waals surface area contributed by atoms with Crippen molar-refractivity contribution >= 4 is 17.9 Å². The van der Waals surface area contributed by atoms with Gasteiger partial charge in [0.05, 0.1) is 69.0 Å². The average Bonchev–Trinajstić information content (AvgIpc) is 3.69. The minimum atomic E-state index is -3.04. The van der Waals surface area contributed by atoms with E-state index in [0.717, 1.165) is 24.0 Å². The van der Waals surface area contributed by atoms with Crippen molar-refractivity contribution in [1.29, 1.82) is 0 Å². The summed E-state index contributed by atoms with van der Waals surface area (Å²) >= 11 is 0. The van der Waals surface area contributed by atoms with Gasteiger partial charge in [0.1, 0.15) is 31.5 Å². The highest BCUT2D eigenvalue weighted by Gasteiger charge is 2.58. The maximum Gasteiger partial charge on any atom is 0.338 e. The molecule has 3 heterocycles. The Bertz CT molecular complexity index is 1370. The molecule has 13 N–H and O–H groups in total. The van der Waals surface area contributed by atoms with Gasteiger partial charge in [0, 0.05) is 25.0 Å². The number of quaternary nitrogens is 2. The Labute approximate surface area is 325 Å². The van der Waals surface area contributed by atoms with Crippen molar-refractivity contribution < 1.29 is 84.3 Å². The zero-order chi connectivity index (χ0) is 41.0. The van der Waals surface area contributed by atoms with Gasteiger partial charge in [-0.2, -0.15) is 0 Å². The van der Waals surface area contributed by atoms with Crippen LogP contribution in [0.2, 0.25) is 0 Å². The lowest BCUT2D eigenvalue weighted by atomic mass is 9.79. The molecule has 0 bridgehead atoms. The average molecular weight is 803 g/mol. The van der Waals surface area contributed by atoms with E-state index < -0.39 is 97.8 Å². The molecule has 1 aliphatic carbocycles. The van der Waals surface area contributed by atoms with Crippen molar-refractivity contribution in [3.63, 3.8) is 0 Å². The molecule has 56 heavy (non-hydrogen) atoms. The fraction of sp³-hybridized carbons (Fsp3) is 0.750. The van der Waals surface area contributed by atoms with Crippen molar-refractivity contribution in [3.8, 4) is 0 Å². The summed E-state index contributed by atoms with van der Waals surface area (Å²) in [6, 6.07) is -0.837. The van der Waals surface area contributed by atoms with Gasteiger partial charge in [-0.05, 0) is 32.1 Å². The lowest BCUT2D eigenvalue weighted by Crippen LogP contribution is -3.16. The van der Waals surface area contributed by atoms with E-state index in [1.807, 2.05) is 0 Å². The number of carbonyl (C=O) groups excluding carboxylic acids is 2. The Kier molecular flexibility index (Phi) is 17.4. The number of piperidine rings is 1. The number of likely N-dealkylation sites (N-methyl/N-ethyl adjacent to an activating group) is 1. The molecule has 2 saturated heterocycles. The van der Waals surface area contributed by atoms with Crippen molar-refractivity contribution in [2.45, 2.75) is 87.2 Å². The number of aliphatic carboxylic acids is 1. The molecule has 3 fully saturated rings. The van der Waals surface area contributed by atoms with E-state index >= 15 is 0 Å². The summed E-state index contributed by atoms with van der Waals surface area (Å²) in [7, 11) is 1.56. The van der Waals surface area contributed by atoms with E-state index in [4.69, 9.17) is 29.4 Å². The summed E-state index contributed by atoms with van der Waals surface area (Å²) < 4.78 is 29.4. The van der Waals surface area contributed by atoms with E-state index in [2.05, 4.69) is 16.9 Å². The van der Waals surface area contributed by atoms with Gasteiger partial charge >= 0.3 is 5.97 Å². The van der Waals surface area contributed by atoms with Crippen LogP contribution in [-0.2, 0) is 33.3 Å². The van der Waals surface area contributed by atoms with E-state index in [0.29, 0.717) is 25.8 Å². The van der Waals surface area contributed by atoms with Crippen LogP contribution in [0.3, 0.4) is 0 Å². The SMILES string of the molecule is C=CC1C(OC2OC(CO)C(O)C(O)(O)C2OC(CO)[NH2+]C)OC=C(C(=O)OC2CCCC2)C1C=CC1C[NH+](CCO)CC(C(=O)[O-])C1NC(N)=NCCCO. The number of allylic oxidation sites excluding steroid dienone is 1. The molecule has 4 aliphatic rings. The summed E-state index contributed by atoms with van der Waals surface area (Å²) in [5, 5.41) is 88.3. The van der Waals surface area contributed by atoms with Crippen LogP contribution in [0, 0.1) is 23.7 Å². The number of rotatable bonds is 19. The number of carbonyl (C=O) groups is 2. The van der Waals surface area contributed by atoms with Crippen LogP contribution in [-0.4, -0.2) is 168 Å². The Morgan fingerprint density at radius 1 is 1.18 bits per heavy atom. The van der Waals surface area contributed by atoms with E-state index in [1.54, 1.807) is 19.2 Å². The van der Waals surface area contributed by atoms with Crippen LogP contribution in [0.25, 0.3) is 0 Å². The largest absolute Gasteiger partial charge is 0.550 e. The topological polar surface area (TPSA) is 316 Å². The van der Waals surface area contributed by atoms with Crippen molar-refractivity contribution in [1.82, 2.24) is 5.32 Å². The summed E-state index contributed by atoms with van der Waals surface area (Å²) in [6.45, 7) is 3.14. The molecular formula is C36H60N5O15+. The first kappa shape index (κ1) is 45.5. The number of hydrogen-bond acceptors (Lipinski definition) is 16. The van der Waals surface area contributed by atoms with Gasteiger partial charge in [-0.15, -0.1) is 6.58 Å². The molecule has 12 atom stereocenters. The number of likely N-dealkylation sites (tertiary alicyclic amines) is 1. The van der Waals surface area contributed by atoms with Gasteiger partial charge < -0.3 is 90.6 Å². The standard InChI is InChI=1S/C36H59N5O15/c1-3-22-23(10-9-20-15-41(12-14-43)16-24(31(47)48)28(20)40-35(37)39-11-6-13-42)25(32(49)53-21-7-4-5-8-21)19-52-33(22)56-34-30(55-27(18-45)38-2)36(50,51)29(46)26(17-44)54-34/h3,9-10,19-24,26-30,33-34,38,42-46,50-51H,1,4-8,11-18H2,2H3,(H,47,48)(H3,37,39,40)/p+1. The Morgan fingerprint density at radius 3 is 2.52 bits per heavy atom. The molecule has 0 aromatic heterocycles. The summed E-state index contributed by atoms with van der Waals surface area (Å²) in [6.07, 6.45) is -0.382. The third kappa shape index (κ3) is 11.2. The molecule has 4 rings (SSSR count). The molecule has 1 saturated carbocycles. The first-order valence-electron chi connectivity index (χ1n) is 19.1. The Morgan fingerprint density at radius 2 is 1.91 bits per heavy atom. The molecule has 0 radical (unpaired) electrons. The quantitative estimate of drug-likeness (QED) is 0.0144. The molecule has 12 unspecified atom stereocenters. The molecule has 318 valence electrons. The fourth-order valence-electron chi connectivity index (χ4n) is 7.64. The van der Waals surface area contributed by atoms with Gasteiger partial charge in [-0.3, -0.25) is 4.99 Å². The van der Waals surface area contributed by atoms with Crippen molar-refractivity contribution in [2.75, 3.05) is 59.7 Å². The number of aliphatic imine (C=N–C) groups is 1.